The fourth-order valence-electron chi connectivity index (χ4n) is 2.13. The van der Waals surface area contributed by atoms with E-state index in [4.69, 9.17) is 18.8 Å². The summed E-state index contributed by atoms with van der Waals surface area (Å²) in [6, 6.07) is 4.37. The van der Waals surface area contributed by atoms with Crippen LogP contribution in [0.3, 0.4) is 0 Å². The Bertz CT molecular complexity index is 786. The first kappa shape index (κ1) is 17.5. The Labute approximate surface area is 138 Å². The molecule has 1 aliphatic rings. The van der Waals surface area contributed by atoms with Gasteiger partial charge in [0.05, 0.1) is 4.90 Å². The molecule has 1 aromatic heterocycles. The largest absolute Gasteiger partial charge is 0.490 e. The first-order valence-electron chi connectivity index (χ1n) is 6.50. The van der Waals surface area contributed by atoms with E-state index in [9.17, 15) is 8.42 Å². The molecule has 1 aliphatic heterocycles. The molecule has 0 bridgehead atoms. The van der Waals surface area contributed by atoms with Crippen LogP contribution in [0.25, 0.3) is 0 Å². The lowest BCUT2D eigenvalue weighted by atomic mass is 10.2. The van der Waals surface area contributed by atoms with E-state index >= 15 is 0 Å². The molecule has 9 heteroatoms. The molecular weight excluding hydrogens is 342 g/mol. The van der Waals surface area contributed by atoms with E-state index in [0.717, 1.165) is 5.75 Å². The summed E-state index contributed by atoms with van der Waals surface area (Å²) in [7, 11) is -4.21. The third-order valence-electron chi connectivity index (χ3n) is 3.17. The number of ether oxygens (including phenoxy) is 3. The Morgan fingerprint density at radius 2 is 2.09 bits per heavy atom. The van der Waals surface area contributed by atoms with Crippen LogP contribution in [0.4, 0.5) is 0 Å². The minimum atomic E-state index is -4.21. The quantitative estimate of drug-likeness (QED) is 0.806. The Morgan fingerprint density at radius 1 is 1.35 bits per heavy atom. The zero-order valence-electron chi connectivity index (χ0n) is 12.4. The molecule has 1 aromatic carbocycles. The highest BCUT2D eigenvalue weighted by Gasteiger charge is 2.22. The number of thiophene rings is 1. The smallest absolute Gasteiger partial charge is 0.294 e. The van der Waals surface area contributed by atoms with E-state index in [-0.39, 0.29) is 23.8 Å². The normalized spacial score (nSPS) is 16.5. The molecule has 1 atom stereocenters. The summed E-state index contributed by atoms with van der Waals surface area (Å²) in [5.41, 5.74) is 0.418. The molecule has 3 rings (SSSR count). The molecule has 0 amide bonds. The van der Waals surface area contributed by atoms with Crippen LogP contribution in [0.1, 0.15) is 5.56 Å². The van der Waals surface area contributed by atoms with Gasteiger partial charge in [0.15, 0.2) is 17.6 Å². The second kappa shape index (κ2) is 6.75. The van der Waals surface area contributed by atoms with Gasteiger partial charge in [-0.1, -0.05) is 0 Å². The highest BCUT2D eigenvalue weighted by atomic mass is 32.2. The van der Waals surface area contributed by atoms with Gasteiger partial charge in [-0.3, -0.25) is 4.55 Å². The van der Waals surface area contributed by atoms with Gasteiger partial charge in [-0.15, -0.1) is 11.3 Å². The second-order valence-corrected chi connectivity index (χ2v) is 7.00. The standard InChI is InChI=1S/C14H14O6S2.H3N/c1-9-4-10(2-3-14(9)22(15,16)17)18-5-11-6-19-12-7-21-8-13(12)20-11;/h2-4,7-8,11H,5-6H2,1H3,(H,15,16,17);1H3. The topological polar surface area (TPSA) is 117 Å². The summed E-state index contributed by atoms with van der Waals surface area (Å²) in [6.45, 7) is 2.26. The SMILES string of the molecule is Cc1cc(OCC2COc3cscc3O2)ccc1S(=O)(=O)O.N. The predicted molar refractivity (Wildman–Crippen MR) is 85.7 cm³/mol. The van der Waals surface area contributed by atoms with Crippen molar-refractivity contribution in [1.82, 2.24) is 6.15 Å². The monoisotopic (exact) mass is 359 g/mol. The molecule has 126 valence electrons. The molecule has 0 aliphatic carbocycles. The molecule has 2 heterocycles. The molecule has 7 nitrogen and oxygen atoms in total. The molecule has 0 fully saturated rings. The summed E-state index contributed by atoms with van der Waals surface area (Å²) < 4.78 is 48.2. The van der Waals surface area contributed by atoms with Crippen molar-refractivity contribution in [2.75, 3.05) is 13.2 Å². The van der Waals surface area contributed by atoms with Crippen molar-refractivity contribution < 1.29 is 27.2 Å². The number of hydrogen-bond donors (Lipinski definition) is 2. The minimum Gasteiger partial charge on any atom is -0.490 e. The van der Waals surface area contributed by atoms with Crippen LogP contribution in [-0.2, 0) is 10.1 Å². The molecular formula is C14H17NO6S2. The molecule has 1 unspecified atom stereocenters. The third-order valence-corrected chi connectivity index (χ3v) is 4.89. The van der Waals surface area contributed by atoms with Gasteiger partial charge in [0, 0.05) is 10.8 Å². The molecule has 0 saturated heterocycles. The maximum Gasteiger partial charge on any atom is 0.294 e. The van der Waals surface area contributed by atoms with Gasteiger partial charge in [0.25, 0.3) is 10.1 Å². The summed E-state index contributed by atoms with van der Waals surface area (Å²) >= 11 is 1.51. The molecule has 0 spiro atoms. The molecule has 2 aromatic rings. The van der Waals surface area contributed by atoms with Crippen molar-refractivity contribution in [3.05, 3.63) is 34.5 Å². The number of benzene rings is 1. The average Bonchev–Trinajstić information content (AvgIpc) is 2.91. The van der Waals surface area contributed by atoms with Gasteiger partial charge >= 0.3 is 0 Å². The Balaban J connectivity index is 0.00000192. The zero-order chi connectivity index (χ0) is 15.7. The molecule has 23 heavy (non-hydrogen) atoms. The maximum atomic E-state index is 11.1. The second-order valence-electron chi connectivity index (χ2n) is 4.86. The van der Waals surface area contributed by atoms with E-state index in [1.807, 2.05) is 10.8 Å². The van der Waals surface area contributed by atoms with Gasteiger partial charge in [0.2, 0.25) is 0 Å². The van der Waals surface area contributed by atoms with Gasteiger partial charge < -0.3 is 20.4 Å². The van der Waals surface area contributed by atoms with Crippen LogP contribution < -0.4 is 20.4 Å². The Hall–Kier alpha value is -1.81. The van der Waals surface area contributed by atoms with E-state index in [0.29, 0.717) is 23.7 Å². The van der Waals surface area contributed by atoms with Crippen molar-refractivity contribution in [1.29, 1.82) is 0 Å². The van der Waals surface area contributed by atoms with Crippen molar-refractivity contribution in [3.8, 4) is 17.2 Å². The summed E-state index contributed by atoms with van der Waals surface area (Å²) in [6.07, 6.45) is -0.233. The number of rotatable bonds is 4. The van der Waals surface area contributed by atoms with E-state index < -0.39 is 10.1 Å². The maximum absolute atomic E-state index is 11.1. The van der Waals surface area contributed by atoms with Crippen LogP contribution in [0.15, 0.2) is 33.9 Å². The Kier molecular flexibility index (Phi) is 5.15. The average molecular weight is 359 g/mol. The summed E-state index contributed by atoms with van der Waals surface area (Å²) in [4.78, 5) is -0.125. The lowest BCUT2D eigenvalue weighted by Crippen LogP contribution is -2.34. The summed E-state index contributed by atoms with van der Waals surface area (Å²) in [5.74, 6) is 1.96. The lowest BCUT2D eigenvalue weighted by molar-refractivity contribution is 0.0546. The van der Waals surface area contributed by atoms with Gasteiger partial charge in [-0.05, 0) is 30.7 Å². The van der Waals surface area contributed by atoms with Gasteiger partial charge in [-0.25, -0.2) is 0 Å². The number of aryl methyl sites for hydroxylation is 1. The van der Waals surface area contributed by atoms with Crippen molar-refractivity contribution >= 4 is 21.5 Å². The minimum absolute atomic E-state index is 0. The van der Waals surface area contributed by atoms with Crippen LogP contribution in [0.2, 0.25) is 0 Å². The van der Waals surface area contributed by atoms with Crippen molar-refractivity contribution in [2.24, 2.45) is 0 Å². The highest BCUT2D eigenvalue weighted by molar-refractivity contribution is 7.85. The fourth-order valence-corrected chi connectivity index (χ4v) is 3.51. The van der Waals surface area contributed by atoms with E-state index in [1.54, 1.807) is 13.0 Å². The van der Waals surface area contributed by atoms with Crippen LogP contribution in [0.5, 0.6) is 17.2 Å². The zero-order valence-corrected chi connectivity index (χ0v) is 14.0. The molecule has 4 N–H and O–H groups in total. The fraction of sp³-hybridized carbons (Fsp3) is 0.286. The highest BCUT2D eigenvalue weighted by Crippen LogP contribution is 2.35. The van der Waals surface area contributed by atoms with Gasteiger partial charge in [0.1, 0.15) is 19.0 Å². The predicted octanol–water partition coefficient (Wildman–Crippen LogP) is 2.68. The summed E-state index contributed by atoms with van der Waals surface area (Å²) in [5, 5.41) is 3.75. The molecule has 0 radical (unpaired) electrons. The van der Waals surface area contributed by atoms with Gasteiger partial charge in [-0.2, -0.15) is 8.42 Å². The third kappa shape index (κ3) is 3.94. The van der Waals surface area contributed by atoms with E-state index in [1.165, 1.54) is 23.5 Å². The lowest BCUT2D eigenvalue weighted by Gasteiger charge is -2.24. The van der Waals surface area contributed by atoms with Crippen LogP contribution in [0, 0.1) is 6.92 Å². The number of fused-ring (bicyclic) bond motifs is 1. The van der Waals surface area contributed by atoms with Crippen molar-refractivity contribution in [2.45, 2.75) is 17.9 Å². The van der Waals surface area contributed by atoms with Crippen LogP contribution >= 0.6 is 11.3 Å². The Morgan fingerprint density at radius 3 is 2.78 bits per heavy atom. The first-order valence-corrected chi connectivity index (χ1v) is 8.88. The molecule has 0 saturated carbocycles. The van der Waals surface area contributed by atoms with E-state index in [2.05, 4.69) is 0 Å². The first-order chi connectivity index (χ1) is 10.4. The number of hydrogen-bond acceptors (Lipinski definition) is 7. The van der Waals surface area contributed by atoms with Crippen molar-refractivity contribution in [3.63, 3.8) is 0 Å². The van der Waals surface area contributed by atoms with Crippen LogP contribution in [-0.4, -0.2) is 32.3 Å².